The minimum atomic E-state index is -1.02. The highest BCUT2D eigenvalue weighted by atomic mass is 32.1. The van der Waals surface area contributed by atoms with Crippen LogP contribution in [0.5, 0.6) is 0 Å². The molecule has 14 heavy (non-hydrogen) atoms. The molecule has 2 fully saturated rings. The lowest BCUT2D eigenvalue weighted by atomic mass is 10.0. The maximum atomic E-state index is 9.64. The van der Waals surface area contributed by atoms with Gasteiger partial charge in [-0.05, 0) is 12.2 Å². The van der Waals surface area contributed by atoms with Gasteiger partial charge in [-0.15, -0.1) is 0 Å². The van der Waals surface area contributed by atoms with Crippen LogP contribution in [0.3, 0.4) is 0 Å². The van der Waals surface area contributed by atoms with Crippen LogP contribution in [-0.2, 0) is 4.74 Å². The smallest absolute Gasteiger partial charge is 0.168 e. The van der Waals surface area contributed by atoms with E-state index in [9.17, 15) is 10.2 Å². The van der Waals surface area contributed by atoms with Crippen LogP contribution in [0.4, 0.5) is 0 Å². The molecule has 5 N–H and O–H groups in total. The molecule has 0 unspecified atom stereocenters. The molecule has 6 nitrogen and oxygen atoms in total. The highest BCUT2D eigenvalue weighted by Gasteiger charge is 2.50. The van der Waals surface area contributed by atoms with E-state index in [1.165, 1.54) is 0 Å². The maximum absolute atomic E-state index is 9.64. The van der Waals surface area contributed by atoms with Gasteiger partial charge in [0.1, 0.15) is 18.3 Å². The summed E-state index contributed by atoms with van der Waals surface area (Å²) in [6.07, 6.45) is -3.03. The van der Waals surface area contributed by atoms with E-state index in [1.807, 2.05) is 0 Å². The van der Waals surface area contributed by atoms with Crippen molar-refractivity contribution in [3.05, 3.63) is 0 Å². The number of nitrogens with one attached hydrogen (secondary N) is 2. The quantitative estimate of drug-likeness (QED) is 0.323. The number of aliphatic hydroxyl groups is 3. The van der Waals surface area contributed by atoms with E-state index in [0.717, 1.165) is 0 Å². The third-order valence-electron chi connectivity index (χ3n) is 2.47. The van der Waals surface area contributed by atoms with Crippen molar-refractivity contribution in [1.29, 1.82) is 0 Å². The van der Waals surface area contributed by atoms with Gasteiger partial charge in [0.15, 0.2) is 11.3 Å². The number of fused-ring (bicyclic) bond motifs is 2. The van der Waals surface area contributed by atoms with E-state index in [2.05, 4.69) is 10.6 Å². The summed E-state index contributed by atoms with van der Waals surface area (Å²) in [4.78, 5) is 0. The molecule has 2 bridgehead atoms. The SMILES string of the molecule is OC[C@@H](O)[C@H]1O[C@H]2NC(=S)N[C@@H]1[C@H]2O. The van der Waals surface area contributed by atoms with Gasteiger partial charge in [-0.25, -0.2) is 0 Å². The number of hydrogen-bond donors (Lipinski definition) is 5. The Morgan fingerprint density at radius 3 is 2.86 bits per heavy atom. The molecule has 7 heteroatoms. The standard InChI is InChI=1S/C7H12N2O4S/c10-1-2(11)5-3-4(12)6(13-5)9-7(14)8-3/h2-6,10-12H,1H2,(H2,8,9,14)/t2-,3-,4-,5-,6-/m1/s1. The molecule has 80 valence electrons. The lowest BCUT2D eigenvalue weighted by Crippen LogP contribution is -2.60. The van der Waals surface area contributed by atoms with Crippen LogP contribution in [0.2, 0.25) is 0 Å². The largest absolute Gasteiger partial charge is 0.394 e. The minimum Gasteiger partial charge on any atom is -0.394 e. The predicted octanol–water partition coefficient (Wildman–Crippen LogP) is -2.73. The van der Waals surface area contributed by atoms with E-state index < -0.39 is 37.2 Å². The monoisotopic (exact) mass is 220 g/mol. The Balaban J connectivity index is 2.13. The van der Waals surface area contributed by atoms with Gasteiger partial charge in [0.2, 0.25) is 0 Å². The van der Waals surface area contributed by atoms with Gasteiger partial charge < -0.3 is 30.7 Å². The summed E-state index contributed by atoms with van der Waals surface area (Å²) in [5.74, 6) is 0. The Hall–Kier alpha value is -0.470. The highest BCUT2D eigenvalue weighted by molar-refractivity contribution is 7.80. The molecule has 0 aromatic carbocycles. The lowest BCUT2D eigenvalue weighted by molar-refractivity contribution is -0.0635. The van der Waals surface area contributed by atoms with Gasteiger partial charge in [0.05, 0.1) is 12.6 Å². The zero-order valence-corrected chi connectivity index (χ0v) is 8.07. The Kier molecular flexibility index (Phi) is 2.58. The summed E-state index contributed by atoms with van der Waals surface area (Å²) in [6, 6.07) is -0.462. The predicted molar refractivity (Wildman–Crippen MR) is 50.4 cm³/mol. The molecule has 0 amide bonds. The van der Waals surface area contributed by atoms with Crippen LogP contribution in [0, 0.1) is 0 Å². The van der Waals surface area contributed by atoms with Gasteiger partial charge in [-0.2, -0.15) is 0 Å². The summed E-state index contributed by atoms with van der Waals surface area (Å²) in [7, 11) is 0. The Bertz CT molecular complexity index is 252. The molecular formula is C7H12N2O4S. The van der Waals surface area contributed by atoms with E-state index >= 15 is 0 Å². The molecule has 2 heterocycles. The Morgan fingerprint density at radius 2 is 2.21 bits per heavy atom. The molecule has 5 atom stereocenters. The van der Waals surface area contributed by atoms with E-state index in [-0.39, 0.29) is 0 Å². The first-order valence-corrected chi connectivity index (χ1v) is 4.74. The molecule has 0 aliphatic carbocycles. The molecule has 0 saturated carbocycles. The number of aliphatic hydroxyl groups excluding tert-OH is 3. The first kappa shape index (κ1) is 10.1. The van der Waals surface area contributed by atoms with Gasteiger partial charge in [0, 0.05) is 0 Å². The molecule has 0 spiro atoms. The van der Waals surface area contributed by atoms with E-state index in [1.54, 1.807) is 0 Å². The molecular weight excluding hydrogens is 208 g/mol. The van der Waals surface area contributed by atoms with Gasteiger partial charge in [-0.1, -0.05) is 0 Å². The second kappa shape index (κ2) is 3.59. The van der Waals surface area contributed by atoms with Crippen LogP contribution in [0.15, 0.2) is 0 Å². The Labute approximate surface area is 85.9 Å². The van der Waals surface area contributed by atoms with Crippen molar-refractivity contribution in [2.45, 2.75) is 30.6 Å². The first-order chi connectivity index (χ1) is 6.63. The number of thiocarbonyl (C=S) groups is 1. The van der Waals surface area contributed by atoms with Gasteiger partial charge >= 0.3 is 0 Å². The van der Waals surface area contributed by atoms with Crippen LogP contribution in [0.25, 0.3) is 0 Å². The van der Waals surface area contributed by atoms with Gasteiger partial charge in [0.25, 0.3) is 0 Å². The molecule has 2 aliphatic rings. The summed E-state index contributed by atoms with van der Waals surface area (Å²) < 4.78 is 5.30. The van der Waals surface area contributed by atoms with Gasteiger partial charge in [-0.3, -0.25) is 0 Å². The summed E-state index contributed by atoms with van der Waals surface area (Å²) >= 11 is 4.87. The third-order valence-corrected chi connectivity index (χ3v) is 2.71. The second-order valence-electron chi connectivity index (χ2n) is 3.41. The van der Waals surface area contributed by atoms with Crippen molar-refractivity contribution in [3.63, 3.8) is 0 Å². The number of hydrogen-bond acceptors (Lipinski definition) is 5. The van der Waals surface area contributed by atoms with Crippen LogP contribution in [0.1, 0.15) is 0 Å². The molecule has 2 rings (SSSR count). The fraction of sp³-hybridized carbons (Fsp3) is 0.857. The van der Waals surface area contributed by atoms with Crippen LogP contribution in [-0.4, -0.2) is 57.6 Å². The summed E-state index contributed by atoms with van der Waals surface area (Å²) in [6.45, 7) is -0.408. The lowest BCUT2D eigenvalue weighted by Gasteiger charge is -2.28. The number of rotatable bonds is 2. The second-order valence-corrected chi connectivity index (χ2v) is 3.81. The van der Waals surface area contributed by atoms with Crippen molar-refractivity contribution < 1.29 is 20.1 Å². The zero-order chi connectivity index (χ0) is 10.3. The average Bonchev–Trinajstić information content (AvgIpc) is 2.38. The normalized spacial score (nSPS) is 42.9. The van der Waals surface area contributed by atoms with Crippen molar-refractivity contribution in [1.82, 2.24) is 10.6 Å². The molecule has 0 aromatic rings. The molecule has 0 aromatic heterocycles. The topological polar surface area (TPSA) is 94.0 Å². The number of ether oxygens (including phenoxy) is 1. The molecule has 2 saturated heterocycles. The highest BCUT2D eigenvalue weighted by Crippen LogP contribution is 2.24. The molecule has 0 radical (unpaired) electrons. The zero-order valence-electron chi connectivity index (χ0n) is 7.25. The third kappa shape index (κ3) is 1.47. The van der Waals surface area contributed by atoms with Crippen molar-refractivity contribution in [2.24, 2.45) is 0 Å². The fourth-order valence-electron chi connectivity index (χ4n) is 1.76. The van der Waals surface area contributed by atoms with Crippen LogP contribution < -0.4 is 10.6 Å². The van der Waals surface area contributed by atoms with Crippen molar-refractivity contribution >= 4 is 17.3 Å². The van der Waals surface area contributed by atoms with Crippen LogP contribution >= 0.6 is 12.2 Å². The summed E-state index contributed by atoms with van der Waals surface area (Å²) in [5.41, 5.74) is 0. The average molecular weight is 220 g/mol. The Morgan fingerprint density at radius 1 is 1.50 bits per heavy atom. The van der Waals surface area contributed by atoms with E-state index in [0.29, 0.717) is 5.11 Å². The van der Waals surface area contributed by atoms with Crippen molar-refractivity contribution in [2.75, 3.05) is 6.61 Å². The van der Waals surface area contributed by atoms with Crippen molar-refractivity contribution in [3.8, 4) is 0 Å². The fourth-order valence-corrected chi connectivity index (χ4v) is 2.01. The molecule has 2 aliphatic heterocycles. The minimum absolute atomic E-state index is 0.387. The van der Waals surface area contributed by atoms with E-state index in [4.69, 9.17) is 22.1 Å². The summed E-state index contributed by atoms with van der Waals surface area (Å²) in [5, 5.41) is 33.7. The maximum Gasteiger partial charge on any atom is 0.168 e. The first-order valence-electron chi connectivity index (χ1n) is 4.33.